The Morgan fingerprint density at radius 1 is 0.979 bits per heavy atom. The molecule has 5 rings (SSSR count). The van der Waals surface area contributed by atoms with Crippen molar-refractivity contribution in [3.05, 3.63) is 29.3 Å². The van der Waals surface area contributed by atoms with Crippen LogP contribution in [0.1, 0.15) is 94.8 Å². The number of nitrogens with one attached hydrogen (secondary N) is 1. The topological polar surface area (TPSA) is 167 Å². The van der Waals surface area contributed by atoms with Crippen LogP contribution in [0.4, 0.5) is 5.69 Å². The molecule has 11 nitrogen and oxygen atoms in total. The number of nitrogens with two attached hydrogens (primary N) is 1. The van der Waals surface area contributed by atoms with Gasteiger partial charge in [0.1, 0.15) is 23.7 Å². The van der Waals surface area contributed by atoms with Crippen LogP contribution < -0.4 is 15.8 Å². The van der Waals surface area contributed by atoms with Gasteiger partial charge in [-0.05, 0) is 98.5 Å². The summed E-state index contributed by atoms with van der Waals surface area (Å²) in [5.41, 5.74) is 7.02. The Hall–Kier alpha value is -2.99. The molecule has 0 aromatic heterocycles. The van der Waals surface area contributed by atoms with Crippen molar-refractivity contribution < 1.29 is 43.5 Å². The number of rotatable bonds is 16. The second-order valence-electron chi connectivity index (χ2n) is 14.6. The number of hydrogen-bond acceptors (Lipinski definition) is 9. The van der Waals surface area contributed by atoms with E-state index in [2.05, 4.69) is 25.2 Å². The molecule has 1 aromatic rings. The molecule has 3 fully saturated rings. The third kappa shape index (κ3) is 7.74. The minimum absolute atomic E-state index is 0.0187. The summed E-state index contributed by atoms with van der Waals surface area (Å²) in [5.74, 6) is 0.452. The molecule has 3 unspecified atom stereocenters. The van der Waals surface area contributed by atoms with Crippen molar-refractivity contribution in [3.8, 4) is 11.5 Å². The predicted octanol–water partition coefficient (Wildman–Crippen LogP) is 4.92. The van der Waals surface area contributed by atoms with Crippen LogP contribution >= 0.6 is 0 Å². The van der Waals surface area contributed by atoms with Crippen LogP contribution in [-0.2, 0) is 23.8 Å². The monoisotopic (exact) mass is 670 g/mol. The highest BCUT2D eigenvalue weighted by atomic mass is 16.5. The molecule has 4 aliphatic carbocycles. The molecule has 0 spiro atoms. The summed E-state index contributed by atoms with van der Waals surface area (Å²) in [5, 5.41) is 23.0. The third-order valence-electron chi connectivity index (χ3n) is 11.9. The number of allylic oxidation sites excluding steroid dienone is 1. The molecule has 0 bridgehead atoms. The smallest absolute Gasteiger partial charge is 0.256 e. The van der Waals surface area contributed by atoms with Crippen molar-refractivity contribution in [2.24, 2.45) is 34.3 Å². The number of aliphatic hydroxyl groups excluding tert-OH is 1. The predicted molar refractivity (Wildman–Crippen MR) is 180 cm³/mol. The highest BCUT2D eigenvalue weighted by molar-refractivity contribution is 6.02. The lowest BCUT2D eigenvalue weighted by molar-refractivity contribution is -0.124. The first kappa shape index (κ1) is 36.3. The Morgan fingerprint density at radius 3 is 2.54 bits per heavy atom. The fourth-order valence-corrected chi connectivity index (χ4v) is 9.33. The van der Waals surface area contributed by atoms with E-state index in [9.17, 15) is 24.6 Å². The molecule has 4 aliphatic rings. The zero-order chi connectivity index (χ0) is 34.5. The van der Waals surface area contributed by atoms with Gasteiger partial charge in [0.15, 0.2) is 5.75 Å². The van der Waals surface area contributed by atoms with Gasteiger partial charge in [-0.1, -0.05) is 25.5 Å². The summed E-state index contributed by atoms with van der Waals surface area (Å²) >= 11 is 0. The molecule has 5 N–H and O–H groups in total. The van der Waals surface area contributed by atoms with Crippen LogP contribution in [0.15, 0.2) is 23.8 Å². The van der Waals surface area contributed by atoms with E-state index in [-0.39, 0.29) is 65.6 Å². The van der Waals surface area contributed by atoms with Gasteiger partial charge in [0, 0.05) is 19.4 Å². The second kappa shape index (κ2) is 15.7. The lowest BCUT2D eigenvalue weighted by atomic mass is 9.48. The molecular formula is C37H54N2O9. The van der Waals surface area contributed by atoms with Crippen molar-refractivity contribution in [1.29, 1.82) is 0 Å². The maximum absolute atomic E-state index is 12.6. The van der Waals surface area contributed by atoms with Gasteiger partial charge in [0.2, 0.25) is 5.91 Å². The highest BCUT2D eigenvalue weighted by Crippen LogP contribution is 2.65. The zero-order valence-electron chi connectivity index (χ0n) is 28.8. The standard InChI is InChI=1S/C37H54N2O9/c1-36-15-12-25(41)21-23(36)6-7-26-27-8-11-31(37(27,2)16-13-28(26)36)48-18-14-24(40)5-4-17-46-19-20-47-22-32(42)39-29-9-10-30(45-3)33(34(29)43)35(38)44/h6,9-10,25-28,31,41,43H,4-5,7-8,11-22H2,1-3H3,(H2,38,44)(H,39,42)/t25-,26?,27?,28?,31-,36-,37-/m1/s1. The van der Waals surface area contributed by atoms with Gasteiger partial charge < -0.3 is 40.2 Å². The van der Waals surface area contributed by atoms with Crippen molar-refractivity contribution in [1.82, 2.24) is 0 Å². The van der Waals surface area contributed by atoms with Crippen molar-refractivity contribution in [2.75, 3.05) is 45.5 Å². The number of amides is 2. The van der Waals surface area contributed by atoms with Gasteiger partial charge in [-0.3, -0.25) is 14.4 Å². The van der Waals surface area contributed by atoms with Gasteiger partial charge in [-0.25, -0.2) is 0 Å². The minimum atomic E-state index is -0.884. The van der Waals surface area contributed by atoms with E-state index in [4.69, 9.17) is 24.7 Å². The summed E-state index contributed by atoms with van der Waals surface area (Å²) in [6.45, 7) is 5.95. The molecule has 2 amide bonds. The first-order valence-electron chi connectivity index (χ1n) is 17.6. The lowest BCUT2D eigenvalue weighted by Crippen LogP contribution is -2.51. The summed E-state index contributed by atoms with van der Waals surface area (Å²) in [7, 11) is 1.34. The van der Waals surface area contributed by atoms with Gasteiger partial charge in [0.25, 0.3) is 5.91 Å². The maximum Gasteiger partial charge on any atom is 0.256 e. The SMILES string of the molecule is COc1ccc(NC(=O)COCCOCCCC(=O)CCO[C@@H]2CCC3C4CC=C5C[C@H](O)CC[C@@]5(C)C4CC[C@]32C)c(O)c1C(N)=O. The molecule has 7 atom stereocenters. The Labute approximate surface area is 283 Å². The quantitative estimate of drug-likeness (QED) is 0.108. The minimum Gasteiger partial charge on any atom is -0.505 e. The number of ketones is 1. The van der Waals surface area contributed by atoms with Gasteiger partial charge in [-0.15, -0.1) is 0 Å². The number of aliphatic hydroxyl groups is 1. The number of phenols is 1. The fourth-order valence-electron chi connectivity index (χ4n) is 9.33. The highest BCUT2D eigenvalue weighted by Gasteiger charge is 2.59. The Kier molecular flexibility index (Phi) is 11.9. The average Bonchev–Trinajstić information content (AvgIpc) is 3.39. The van der Waals surface area contributed by atoms with Crippen LogP contribution in [0.25, 0.3) is 0 Å². The molecule has 3 saturated carbocycles. The number of ether oxygens (including phenoxy) is 4. The number of hydrogen-bond donors (Lipinski definition) is 4. The number of fused-ring (bicyclic) bond motifs is 5. The number of methoxy groups -OCH3 is 1. The molecule has 0 aliphatic heterocycles. The Bertz CT molecular complexity index is 1360. The second-order valence-corrected chi connectivity index (χ2v) is 14.6. The van der Waals surface area contributed by atoms with Crippen molar-refractivity contribution in [3.63, 3.8) is 0 Å². The number of benzene rings is 1. The van der Waals surface area contributed by atoms with E-state index in [1.54, 1.807) is 0 Å². The van der Waals surface area contributed by atoms with E-state index in [1.165, 1.54) is 44.1 Å². The normalized spacial score (nSPS) is 30.8. The first-order chi connectivity index (χ1) is 23.0. The van der Waals surface area contributed by atoms with E-state index < -0.39 is 17.6 Å². The van der Waals surface area contributed by atoms with Crippen LogP contribution in [0, 0.1) is 28.6 Å². The van der Waals surface area contributed by atoms with Gasteiger partial charge >= 0.3 is 0 Å². The molecule has 0 saturated heterocycles. The number of Topliss-reactive ketones (excluding diaryl/α,β-unsaturated/α-hetero) is 1. The number of primary amides is 1. The van der Waals surface area contributed by atoms with Crippen LogP contribution in [0.2, 0.25) is 0 Å². The van der Waals surface area contributed by atoms with Crippen molar-refractivity contribution >= 4 is 23.3 Å². The average molecular weight is 671 g/mol. The Morgan fingerprint density at radius 2 is 1.77 bits per heavy atom. The molecule has 48 heavy (non-hydrogen) atoms. The van der Waals surface area contributed by atoms with Crippen LogP contribution in [0.3, 0.4) is 0 Å². The lowest BCUT2D eigenvalue weighted by Gasteiger charge is -2.57. The van der Waals surface area contributed by atoms with Gasteiger partial charge in [0.05, 0.1) is 44.8 Å². The van der Waals surface area contributed by atoms with Crippen LogP contribution in [-0.4, -0.2) is 80.2 Å². The summed E-state index contributed by atoms with van der Waals surface area (Å²) < 4.78 is 22.4. The van der Waals surface area contributed by atoms with Crippen molar-refractivity contribution in [2.45, 2.75) is 96.7 Å². The number of aromatic hydroxyl groups is 1. The number of carbonyl (C=O) groups is 3. The summed E-state index contributed by atoms with van der Waals surface area (Å²) in [6.07, 6.45) is 12.7. The zero-order valence-corrected chi connectivity index (χ0v) is 28.8. The fraction of sp³-hybridized carbons (Fsp3) is 0.703. The van der Waals surface area contributed by atoms with E-state index in [0.29, 0.717) is 50.2 Å². The van der Waals surface area contributed by atoms with Crippen LogP contribution in [0.5, 0.6) is 11.5 Å². The third-order valence-corrected chi connectivity index (χ3v) is 11.9. The van der Waals surface area contributed by atoms with Gasteiger partial charge in [-0.2, -0.15) is 0 Å². The molecular weight excluding hydrogens is 616 g/mol. The number of carbonyl (C=O) groups excluding carboxylic acids is 3. The van der Waals surface area contributed by atoms with E-state index in [1.807, 2.05) is 0 Å². The van der Waals surface area contributed by atoms with E-state index in [0.717, 1.165) is 32.1 Å². The van der Waals surface area contributed by atoms with E-state index >= 15 is 0 Å². The summed E-state index contributed by atoms with van der Waals surface area (Å²) in [6, 6.07) is 2.82. The largest absolute Gasteiger partial charge is 0.505 e. The molecule has 11 heteroatoms. The first-order valence-corrected chi connectivity index (χ1v) is 17.6. The molecule has 0 radical (unpaired) electrons. The molecule has 1 aromatic carbocycles. The molecule has 0 heterocycles. The Balaban J connectivity index is 0.933. The summed E-state index contributed by atoms with van der Waals surface area (Å²) in [4.78, 5) is 36.4. The number of anilines is 1. The molecule has 266 valence electrons. The maximum atomic E-state index is 12.6.